The van der Waals surface area contributed by atoms with E-state index in [9.17, 15) is 5.11 Å². The highest BCUT2D eigenvalue weighted by Crippen LogP contribution is 2.20. The van der Waals surface area contributed by atoms with Gasteiger partial charge < -0.3 is 10.0 Å². The summed E-state index contributed by atoms with van der Waals surface area (Å²) < 4.78 is 0. The van der Waals surface area contributed by atoms with E-state index in [0.29, 0.717) is 0 Å². The first-order chi connectivity index (χ1) is 6.56. The third kappa shape index (κ3) is 2.34. The Morgan fingerprint density at radius 2 is 1.86 bits per heavy atom. The van der Waals surface area contributed by atoms with Gasteiger partial charge in [0, 0.05) is 0 Å². The van der Waals surface area contributed by atoms with E-state index < -0.39 is 0 Å². The molecule has 1 N–H and O–H groups in total. The maximum Gasteiger partial charge on any atom is 0.0628 e. The summed E-state index contributed by atoms with van der Waals surface area (Å²) in [5, 5.41) is 9.27. The molecule has 0 saturated heterocycles. The number of hydrogen-bond acceptors (Lipinski definition) is 2. The molecular weight excluding hydrogens is 174 g/mol. The lowest BCUT2D eigenvalue weighted by Gasteiger charge is -2.23. The Morgan fingerprint density at radius 1 is 1.21 bits per heavy atom. The summed E-state index contributed by atoms with van der Waals surface area (Å²) in [6.07, 6.45) is 0. The molecule has 1 unspecified atom stereocenters. The molecule has 14 heavy (non-hydrogen) atoms. The van der Waals surface area contributed by atoms with Crippen molar-refractivity contribution in [3.05, 3.63) is 34.9 Å². The molecular formula is C12H19NO. The van der Waals surface area contributed by atoms with Gasteiger partial charge in [-0.15, -0.1) is 0 Å². The van der Waals surface area contributed by atoms with Crippen LogP contribution in [0.15, 0.2) is 18.2 Å². The van der Waals surface area contributed by atoms with Crippen molar-refractivity contribution >= 4 is 0 Å². The Hall–Kier alpha value is -0.860. The summed E-state index contributed by atoms with van der Waals surface area (Å²) >= 11 is 0. The quantitative estimate of drug-likeness (QED) is 0.792. The van der Waals surface area contributed by atoms with Crippen LogP contribution in [-0.4, -0.2) is 30.7 Å². The van der Waals surface area contributed by atoms with Crippen LogP contribution in [0.3, 0.4) is 0 Å². The highest BCUT2D eigenvalue weighted by molar-refractivity contribution is 5.31. The Balaban J connectivity index is 3.00. The van der Waals surface area contributed by atoms with Crippen molar-refractivity contribution in [2.24, 2.45) is 0 Å². The molecule has 0 aliphatic carbocycles. The van der Waals surface area contributed by atoms with Crippen LogP contribution in [0.25, 0.3) is 0 Å². The van der Waals surface area contributed by atoms with Crippen molar-refractivity contribution in [2.45, 2.75) is 19.9 Å². The minimum Gasteiger partial charge on any atom is -0.394 e. The Labute approximate surface area is 86.2 Å². The van der Waals surface area contributed by atoms with Crippen molar-refractivity contribution < 1.29 is 5.11 Å². The third-order valence-electron chi connectivity index (χ3n) is 2.71. The summed E-state index contributed by atoms with van der Waals surface area (Å²) in [6, 6.07) is 6.45. The molecule has 1 rings (SSSR count). The number of nitrogens with zero attached hydrogens (tertiary/aromatic N) is 1. The second kappa shape index (κ2) is 4.58. The van der Waals surface area contributed by atoms with Crippen LogP contribution in [0.1, 0.15) is 22.7 Å². The summed E-state index contributed by atoms with van der Waals surface area (Å²) in [7, 11) is 3.96. The molecule has 78 valence electrons. The molecule has 1 aromatic rings. The SMILES string of the molecule is Cc1ccc(C(CO)N(C)C)cc1C. The molecule has 0 aromatic heterocycles. The highest BCUT2D eigenvalue weighted by Gasteiger charge is 2.12. The van der Waals surface area contributed by atoms with Crippen molar-refractivity contribution in [1.82, 2.24) is 4.90 Å². The lowest BCUT2D eigenvalue weighted by Crippen LogP contribution is -2.23. The predicted octanol–water partition coefficient (Wildman–Crippen LogP) is 1.90. The standard InChI is InChI=1S/C12H19NO/c1-9-5-6-11(7-10(9)2)12(8-14)13(3)4/h5-7,12,14H,8H2,1-4H3. The molecule has 0 aliphatic heterocycles. The topological polar surface area (TPSA) is 23.5 Å². The van der Waals surface area contributed by atoms with Crippen molar-refractivity contribution in [3.63, 3.8) is 0 Å². The minimum absolute atomic E-state index is 0.106. The molecule has 0 spiro atoms. The number of aliphatic hydroxyl groups is 1. The normalized spacial score (nSPS) is 13.3. The highest BCUT2D eigenvalue weighted by atomic mass is 16.3. The average molecular weight is 193 g/mol. The van der Waals surface area contributed by atoms with Gasteiger partial charge in [-0.25, -0.2) is 0 Å². The van der Waals surface area contributed by atoms with E-state index in [1.807, 2.05) is 19.0 Å². The van der Waals surface area contributed by atoms with E-state index in [4.69, 9.17) is 0 Å². The second-order valence-corrected chi connectivity index (χ2v) is 4.01. The fraction of sp³-hybridized carbons (Fsp3) is 0.500. The van der Waals surface area contributed by atoms with Gasteiger partial charge in [0.2, 0.25) is 0 Å². The zero-order valence-electron chi connectivity index (χ0n) is 9.41. The van der Waals surface area contributed by atoms with Crippen LogP contribution in [0.2, 0.25) is 0 Å². The summed E-state index contributed by atoms with van der Waals surface area (Å²) in [5.74, 6) is 0. The Bertz CT molecular complexity index is 307. The monoisotopic (exact) mass is 193 g/mol. The van der Waals surface area contributed by atoms with Crippen LogP contribution in [0, 0.1) is 13.8 Å². The molecule has 2 nitrogen and oxygen atoms in total. The molecule has 0 heterocycles. The summed E-state index contributed by atoms with van der Waals surface area (Å²) in [5.41, 5.74) is 3.76. The van der Waals surface area contributed by atoms with Crippen LogP contribution in [0.4, 0.5) is 0 Å². The maximum atomic E-state index is 9.27. The number of likely N-dealkylation sites (N-methyl/N-ethyl adjacent to an activating group) is 1. The fourth-order valence-corrected chi connectivity index (χ4v) is 1.54. The molecule has 0 saturated carbocycles. The molecule has 2 heteroatoms. The Kier molecular flexibility index (Phi) is 3.67. The van der Waals surface area contributed by atoms with Crippen LogP contribution in [-0.2, 0) is 0 Å². The first-order valence-corrected chi connectivity index (χ1v) is 4.90. The molecule has 1 aromatic carbocycles. The number of benzene rings is 1. The molecule has 0 fully saturated rings. The number of aliphatic hydroxyl groups excluding tert-OH is 1. The lowest BCUT2D eigenvalue weighted by atomic mass is 10.0. The predicted molar refractivity (Wildman–Crippen MR) is 59.4 cm³/mol. The smallest absolute Gasteiger partial charge is 0.0628 e. The molecule has 0 amide bonds. The van der Waals surface area contributed by atoms with Crippen molar-refractivity contribution in [1.29, 1.82) is 0 Å². The summed E-state index contributed by atoms with van der Waals surface area (Å²) in [4.78, 5) is 2.03. The van der Waals surface area contributed by atoms with E-state index in [1.54, 1.807) is 0 Å². The molecule has 0 aliphatic rings. The minimum atomic E-state index is 0.106. The first-order valence-electron chi connectivity index (χ1n) is 4.90. The largest absolute Gasteiger partial charge is 0.394 e. The van der Waals surface area contributed by atoms with Crippen LogP contribution in [0.5, 0.6) is 0 Å². The van der Waals surface area contributed by atoms with Gasteiger partial charge in [-0.3, -0.25) is 0 Å². The van der Waals surface area contributed by atoms with E-state index in [-0.39, 0.29) is 12.6 Å². The first kappa shape index (κ1) is 11.2. The van der Waals surface area contributed by atoms with Gasteiger partial charge in [-0.2, -0.15) is 0 Å². The Morgan fingerprint density at radius 3 is 2.29 bits per heavy atom. The molecule has 1 atom stereocenters. The lowest BCUT2D eigenvalue weighted by molar-refractivity contribution is 0.171. The van der Waals surface area contributed by atoms with Gasteiger partial charge in [-0.1, -0.05) is 18.2 Å². The summed E-state index contributed by atoms with van der Waals surface area (Å²) in [6.45, 7) is 4.36. The van der Waals surface area contributed by atoms with E-state index in [0.717, 1.165) is 0 Å². The third-order valence-corrected chi connectivity index (χ3v) is 2.71. The molecule has 0 bridgehead atoms. The van der Waals surface area contributed by atoms with Gasteiger partial charge in [0.1, 0.15) is 0 Å². The van der Waals surface area contributed by atoms with Gasteiger partial charge in [-0.05, 0) is 44.6 Å². The number of rotatable bonds is 3. The second-order valence-electron chi connectivity index (χ2n) is 4.01. The zero-order chi connectivity index (χ0) is 10.7. The zero-order valence-corrected chi connectivity index (χ0v) is 9.41. The number of hydrogen-bond donors (Lipinski definition) is 1. The van der Waals surface area contributed by atoms with Crippen LogP contribution < -0.4 is 0 Å². The van der Waals surface area contributed by atoms with Crippen molar-refractivity contribution in [3.8, 4) is 0 Å². The van der Waals surface area contributed by atoms with E-state index in [1.165, 1.54) is 16.7 Å². The van der Waals surface area contributed by atoms with Crippen LogP contribution >= 0.6 is 0 Å². The average Bonchev–Trinajstić information content (AvgIpc) is 2.11. The van der Waals surface area contributed by atoms with Gasteiger partial charge >= 0.3 is 0 Å². The van der Waals surface area contributed by atoms with E-state index >= 15 is 0 Å². The fourth-order valence-electron chi connectivity index (χ4n) is 1.54. The van der Waals surface area contributed by atoms with Crippen molar-refractivity contribution in [2.75, 3.05) is 20.7 Å². The van der Waals surface area contributed by atoms with Gasteiger partial charge in [0.15, 0.2) is 0 Å². The molecule has 0 radical (unpaired) electrons. The maximum absolute atomic E-state index is 9.27. The van der Waals surface area contributed by atoms with Gasteiger partial charge in [0.05, 0.1) is 12.6 Å². The van der Waals surface area contributed by atoms with E-state index in [2.05, 4.69) is 32.0 Å². The number of aryl methyl sites for hydroxylation is 2. The van der Waals surface area contributed by atoms with Gasteiger partial charge in [0.25, 0.3) is 0 Å².